The number of benzene rings is 1. The minimum absolute atomic E-state index is 0.0966. The van der Waals surface area contributed by atoms with Gasteiger partial charge in [-0.15, -0.1) is 10.2 Å². The molecule has 1 unspecified atom stereocenters. The molecule has 0 spiro atoms. The van der Waals surface area contributed by atoms with E-state index < -0.39 is 21.8 Å². The van der Waals surface area contributed by atoms with Crippen molar-refractivity contribution in [2.75, 3.05) is 11.6 Å². The molecule has 1 heterocycles. The Morgan fingerprint density at radius 3 is 2.38 bits per heavy atom. The van der Waals surface area contributed by atoms with Crippen molar-refractivity contribution in [1.29, 1.82) is 0 Å². The summed E-state index contributed by atoms with van der Waals surface area (Å²) in [5.74, 6) is 0.0580. The molecule has 130 valence electrons. The molecule has 1 aromatic heterocycles. The van der Waals surface area contributed by atoms with E-state index in [1.165, 1.54) is 0 Å². The van der Waals surface area contributed by atoms with Crippen LogP contribution >= 0.6 is 22.9 Å². The van der Waals surface area contributed by atoms with Gasteiger partial charge in [0.25, 0.3) is 5.91 Å². The van der Waals surface area contributed by atoms with Crippen molar-refractivity contribution in [2.24, 2.45) is 0 Å². The summed E-state index contributed by atoms with van der Waals surface area (Å²) in [7, 11) is -3.45. The standard InChI is InChI=1S/C14H16ClN3O4S2/c1-7-5-10(6-8(2)11(7)15)22-9(3)12(19)16-13-17-18-14(23-13)24(4,20)21/h5-6,9H,1-4H3,(H,16,17,19). The summed E-state index contributed by atoms with van der Waals surface area (Å²) in [5.41, 5.74) is 1.70. The van der Waals surface area contributed by atoms with Gasteiger partial charge in [-0.1, -0.05) is 22.9 Å². The molecule has 0 fully saturated rings. The van der Waals surface area contributed by atoms with Gasteiger partial charge in [0.1, 0.15) is 5.75 Å². The van der Waals surface area contributed by atoms with E-state index in [4.69, 9.17) is 16.3 Å². The molecule has 2 aromatic rings. The van der Waals surface area contributed by atoms with Crippen LogP contribution in [-0.2, 0) is 14.6 Å². The van der Waals surface area contributed by atoms with Gasteiger partial charge in [0.05, 0.1) is 0 Å². The number of hydrogen-bond acceptors (Lipinski definition) is 7. The Kier molecular flexibility index (Phi) is 5.46. The monoisotopic (exact) mass is 389 g/mol. The van der Waals surface area contributed by atoms with E-state index in [-0.39, 0.29) is 9.47 Å². The number of carbonyl (C=O) groups is 1. The van der Waals surface area contributed by atoms with Crippen LogP contribution in [0, 0.1) is 13.8 Å². The molecule has 0 radical (unpaired) electrons. The van der Waals surface area contributed by atoms with Crippen molar-refractivity contribution in [3.63, 3.8) is 0 Å². The van der Waals surface area contributed by atoms with E-state index in [0.29, 0.717) is 10.8 Å². The first kappa shape index (κ1) is 18.6. The number of anilines is 1. The molecule has 0 aliphatic heterocycles. The Balaban J connectivity index is 2.06. The second kappa shape index (κ2) is 7.04. The summed E-state index contributed by atoms with van der Waals surface area (Å²) in [6.07, 6.45) is 0.214. The number of halogens is 1. The minimum atomic E-state index is -3.45. The molecule has 1 amide bonds. The summed E-state index contributed by atoms with van der Waals surface area (Å²) < 4.78 is 28.2. The van der Waals surface area contributed by atoms with Crippen LogP contribution in [0.15, 0.2) is 16.5 Å². The molecule has 0 bridgehead atoms. The second-order valence-electron chi connectivity index (χ2n) is 5.27. The number of nitrogens with one attached hydrogen (secondary N) is 1. The first-order valence-electron chi connectivity index (χ1n) is 6.85. The first-order chi connectivity index (χ1) is 11.1. The molecule has 0 saturated heterocycles. The molecule has 1 aromatic carbocycles. The average molecular weight is 390 g/mol. The fraction of sp³-hybridized carbons (Fsp3) is 0.357. The SMILES string of the molecule is Cc1cc(OC(C)C(=O)Nc2nnc(S(C)(=O)=O)s2)cc(C)c1Cl. The molecule has 7 nitrogen and oxygen atoms in total. The van der Waals surface area contributed by atoms with E-state index in [0.717, 1.165) is 28.7 Å². The first-order valence-corrected chi connectivity index (χ1v) is 9.94. The van der Waals surface area contributed by atoms with Gasteiger partial charge < -0.3 is 4.74 Å². The van der Waals surface area contributed by atoms with Gasteiger partial charge in [0, 0.05) is 11.3 Å². The molecule has 0 aliphatic carbocycles. The molecule has 0 saturated carbocycles. The fourth-order valence-corrected chi connectivity index (χ4v) is 3.47. The number of nitrogens with zero attached hydrogens (tertiary/aromatic N) is 2. The molecular formula is C14H16ClN3O4S2. The molecule has 0 aliphatic rings. The number of ether oxygens (including phenoxy) is 1. The van der Waals surface area contributed by atoms with Crippen molar-refractivity contribution < 1.29 is 17.9 Å². The van der Waals surface area contributed by atoms with E-state index in [1.54, 1.807) is 19.1 Å². The zero-order chi connectivity index (χ0) is 18.1. The number of aryl methyl sites for hydroxylation is 2. The topological polar surface area (TPSA) is 98.2 Å². The lowest BCUT2D eigenvalue weighted by Crippen LogP contribution is -2.30. The Morgan fingerprint density at radius 2 is 1.88 bits per heavy atom. The maximum absolute atomic E-state index is 12.1. The Labute approximate surface area is 148 Å². The molecule has 24 heavy (non-hydrogen) atoms. The summed E-state index contributed by atoms with van der Waals surface area (Å²) in [6.45, 7) is 5.27. The Morgan fingerprint density at radius 1 is 1.29 bits per heavy atom. The number of amides is 1. The van der Waals surface area contributed by atoms with Gasteiger partial charge in [0.15, 0.2) is 6.10 Å². The lowest BCUT2D eigenvalue weighted by atomic mass is 10.1. The highest BCUT2D eigenvalue weighted by atomic mass is 35.5. The van der Waals surface area contributed by atoms with Gasteiger partial charge in [-0.05, 0) is 44.0 Å². The van der Waals surface area contributed by atoms with Gasteiger partial charge in [-0.25, -0.2) is 8.42 Å². The van der Waals surface area contributed by atoms with Crippen LogP contribution in [0.3, 0.4) is 0 Å². The van der Waals surface area contributed by atoms with Crippen molar-refractivity contribution in [1.82, 2.24) is 10.2 Å². The number of aromatic nitrogens is 2. The molecular weight excluding hydrogens is 374 g/mol. The number of hydrogen-bond donors (Lipinski definition) is 1. The van der Waals surface area contributed by atoms with Crippen LogP contribution in [0.5, 0.6) is 5.75 Å². The van der Waals surface area contributed by atoms with E-state index in [2.05, 4.69) is 15.5 Å². The van der Waals surface area contributed by atoms with Gasteiger partial charge in [-0.2, -0.15) is 0 Å². The van der Waals surface area contributed by atoms with Crippen LogP contribution in [0.1, 0.15) is 18.1 Å². The number of rotatable bonds is 5. The minimum Gasteiger partial charge on any atom is -0.481 e. The highest BCUT2D eigenvalue weighted by molar-refractivity contribution is 7.92. The highest BCUT2D eigenvalue weighted by Crippen LogP contribution is 2.26. The highest BCUT2D eigenvalue weighted by Gasteiger charge is 2.20. The Hall–Kier alpha value is -1.71. The van der Waals surface area contributed by atoms with E-state index in [1.807, 2.05) is 13.8 Å². The van der Waals surface area contributed by atoms with Crippen molar-refractivity contribution >= 4 is 43.8 Å². The predicted octanol–water partition coefficient (Wildman–Crippen LogP) is 2.62. The van der Waals surface area contributed by atoms with Crippen molar-refractivity contribution in [3.8, 4) is 5.75 Å². The van der Waals surface area contributed by atoms with Crippen LogP contribution in [-0.4, -0.2) is 36.9 Å². The third-order valence-corrected chi connectivity index (χ3v) is 6.15. The third kappa shape index (κ3) is 4.43. The lowest BCUT2D eigenvalue weighted by molar-refractivity contribution is -0.122. The smallest absolute Gasteiger partial charge is 0.266 e. The largest absolute Gasteiger partial charge is 0.481 e. The van der Waals surface area contributed by atoms with Crippen LogP contribution in [0.25, 0.3) is 0 Å². The van der Waals surface area contributed by atoms with E-state index >= 15 is 0 Å². The second-order valence-corrected chi connectivity index (χ2v) is 8.81. The molecule has 1 N–H and O–H groups in total. The fourth-order valence-electron chi connectivity index (χ4n) is 1.85. The third-order valence-electron chi connectivity index (χ3n) is 3.05. The van der Waals surface area contributed by atoms with Crippen molar-refractivity contribution in [3.05, 3.63) is 28.3 Å². The van der Waals surface area contributed by atoms with E-state index in [9.17, 15) is 13.2 Å². The summed E-state index contributed by atoms with van der Waals surface area (Å²) in [6, 6.07) is 3.48. The zero-order valence-electron chi connectivity index (χ0n) is 13.5. The van der Waals surface area contributed by atoms with Crippen LogP contribution < -0.4 is 10.1 Å². The normalized spacial score (nSPS) is 12.7. The van der Waals surface area contributed by atoms with Crippen molar-refractivity contribution in [2.45, 2.75) is 31.2 Å². The quantitative estimate of drug-likeness (QED) is 0.789. The lowest BCUT2D eigenvalue weighted by Gasteiger charge is -2.15. The zero-order valence-corrected chi connectivity index (χ0v) is 15.8. The summed E-state index contributed by atoms with van der Waals surface area (Å²) in [5, 5.41) is 10.4. The van der Waals surface area contributed by atoms with Gasteiger partial charge >= 0.3 is 0 Å². The molecule has 1 atom stereocenters. The summed E-state index contributed by atoms with van der Waals surface area (Å²) >= 11 is 6.88. The number of carbonyl (C=O) groups excluding carboxylic acids is 1. The average Bonchev–Trinajstić information content (AvgIpc) is 2.93. The molecule has 10 heteroatoms. The van der Waals surface area contributed by atoms with Gasteiger partial charge in [0.2, 0.25) is 19.3 Å². The Bertz CT molecular complexity index is 857. The van der Waals surface area contributed by atoms with Gasteiger partial charge in [-0.3, -0.25) is 10.1 Å². The maximum atomic E-state index is 12.1. The molecule has 2 rings (SSSR count). The maximum Gasteiger partial charge on any atom is 0.266 e. The predicted molar refractivity (Wildman–Crippen MR) is 92.7 cm³/mol. The number of sulfone groups is 1. The van der Waals surface area contributed by atoms with Crippen LogP contribution in [0.2, 0.25) is 5.02 Å². The van der Waals surface area contributed by atoms with Crippen LogP contribution in [0.4, 0.5) is 5.13 Å². The summed E-state index contributed by atoms with van der Waals surface area (Å²) in [4.78, 5) is 12.1.